The van der Waals surface area contributed by atoms with Crippen LogP contribution in [0.15, 0.2) is 28.5 Å². The minimum atomic E-state index is -4.18. The first-order valence-corrected chi connectivity index (χ1v) is 9.98. The van der Waals surface area contributed by atoms with Gasteiger partial charge in [-0.05, 0) is 44.4 Å². The van der Waals surface area contributed by atoms with Crippen LogP contribution in [0.25, 0.3) is 0 Å². The molecule has 1 aromatic heterocycles. The molecule has 134 valence electrons. The van der Waals surface area contributed by atoms with Crippen molar-refractivity contribution in [1.82, 2.24) is 9.71 Å². The van der Waals surface area contributed by atoms with Crippen LogP contribution in [0.4, 0.5) is 4.39 Å². The Morgan fingerprint density at radius 2 is 2.12 bits per heavy atom. The van der Waals surface area contributed by atoms with Gasteiger partial charge in [0.2, 0.25) is 10.0 Å². The molecule has 1 saturated carbocycles. The van der Waals surface area contributed by atoms with Crippen LogP contribution in [0.3, 0.4) is 0 Å². The van der Waals surface area contributed by atoms with Crippen LogP contribution in [0.1, 0.15) is 40.3 Å². The average Bonchev–Trinajstić information content (AvgIpc) is 2.97. The third-order valence-corrected chi connectivity index (χ3v) is 6.92. The second kappa shape index (κ2) is 6.47. The van der Waals surface area contributed by atoms with E-state index < -0.39 is 32.2 Å². The molecule has 1 N–H and O–H groups in total. The zero-order chi connectivity index (χ0) is 18.2. The molecule has 1 aliphatic rings. The fraction of sp³-hybridized carbons (Fsp3) is 0.375. The van der Waals surface area contributed by atoms with Gasteiger partial charge < -0.3 is 4.74 Å². The Bertz CT molecular complexity index is 920. The number of nitrogens with zero attached hydrogens (tertiary/aromatic N) is 1. The van der Waals surface area contributed by atoms with Gasteiger partial charge >= 0.3 is 5.97 Å². The molecule has 0 unspecified atom stereocenters. The van der Waals surface area contributed by atoms with Crippen molar-refractivity contribution in [3.63, 3.8) is 0 Å². The van der Waals surface area contributed by atoms with Crippen molar-refractivity contribution < 1.29 is 22.3 Å². The van der Waals surface area contributed by atoms with Gasteiger partial charge in [-0.2, -0.15) is 4.72 Å². The number of hydrogen-bond donors (Lipinski definition) is 1. The largest absolute Gasteiger partial charge is 0.465 e. The third-order valence-electron chi connectivity index (χ3n) is 4.21. The summed E-state index contributed by atoms with van der Waals surface area (Å²) in [5, 5.41) is 2.52. The minimum absolute atomic E-state index is 0.0305. The van der Waals surface area contributed by atoms with Gasteiger partial charge in [-0.3, -0.25) is 0 Å². The molecule has 2 aromatic rings. The second-order valence-electron chi connectivity index (χ2n) is 5.97. The molecule has 0 aliphatic heterocycles. The Morgan fingerprint density at radius 1 is 1.40 bits per heavy atom. The lowest BCUT2D eigenvalue weighted by molar-refractivity contribution is 0.0600. The molecular formula is C16H17FN2O4S2. The first-order valence-electron chi connectivity index (χ1n) is 7.62. The lowest BCUT2D eigenvalue weighted by atomic mass is 9.78. The van der Waals surface area contributed by atoms with E-state index in [0.717, 1.165) is 24.2 Å². The van der Waals surface area contributed by atoms with E-state index in [1.807, 2.05) is 12.3 Å². The first-order chi connectivity index (χ1) is 11.8. The Hall–Kier alpha value is -1.84. The molecule has 25 heavy (non-hydrogen) atoms. The lowest BCUT2D eigenvalue weighted by Crippen LogP contribution is -2.50. The predicted octanol–water partition coefficient (Wildman–Crippen LogP) is 2.73. The third kappa shape index (κ3) is 3.31. The predicted molar refractivity (Wildman–Crippen MR) is 90.4 cm³/mol. The Morgan fingerprint density at radius 3 is 2.64 bits per heavy atom. The molecule has 0 bridgehead atoms. The van der Waals surface area contributed by atoms with Crippen LogP contribution >= 0.6 is 11.3 Å². The summed E-state index contributed by atoms with van der Waals surface area (Å²) in [4.78, 5) is 15.4. The van der Waals surface area contributed by atoms with Crippen molar-refractivity contribution in [2.75, 3.05) is 7.11 Å². The maximum absolute atomic E-state index is 14.2. The van der Waals surface area contributed by atoms with Crippen molar-refractivity contribution in [3.8, 4) is 0 Å². The number of halogens is 1. The molecule has 0 atom stereocenters. The smallest absolute Gasteiger partial charge is 0.337 e. The quantitative estimate of drug-likeness (QED) is 0.801. The first kappa shape index (κ1) is 18.0. The molecule has 0 spiro atoms. The number of carbonyl (C=O) groups is 1. The highest BCUT2D eigenvalue weighted by Gasteiger charge is 2.45. The maximum atomic E-state index is 14.2. The zero-order valence-corrected chi connectivity index (χ0v) is 15.3. The summed E-state index contributed by atoms with van der Waals surface area (Å²) in [5.41, 5.74) is -0.0350. The number of sulfonamides is 1. The Kier molecular flexibility index (Phi) is 4.65. The van der Waals surface area contributed by atoms with E-state index >= 15 is 0 Å². The number of esters is 1. The number of benzene rings is 1. The number of rotatable bonds is 5. The van der Waals surface area contributed by atoms with Crippen LogP contribution in [0.5, 0.6) is 0 Å². The van der Waals surface area contributed by atoms with Crippen LogP contribution in [-0.4, -0.2) is 26.5 Å². The number of aryl methyl sites for hydroxylation is 1. The molecular weight excluding hydrogens is 367 g/mol. The molecule has 3 rings (SSSR count). The summed E-state index contributed by atoms with van der Waals surface area (Å²) in [6.45, 7) is 1.83. The second-order valence-corrected chi connectivity index (χ2v) is 8.48. The van der Waals surface area contributed by atoms with Gasteiger partial charge in [0.15, 0.2) is 0 Å². The monoisotopic (exact) mass is 384 g/mol. The van der Waals surface area contributed by atoms with E-state index in [2.05, 4.69) is 14.4 Å². The molecule has 6 nitrogen and oxygen atoms in total. The van der Waals surface area contributed by atoms with Crippen LogP contribution in [-0.2, 0) is 20.3 Å². The average molecular weight is 384 g/mol. The van der Waals surface area contributed by atoms with E-state index in [1.54, 1.807) is 0 Å². The number of methoxy groups -OCH3 is 1. The number of ether oxygens (including phenoxy) is 1. The summed E-state index contributed by atoms with van der Waals surface area (Å²) >= 11 is 1.38. The summed E-state index contributed by atoms with van der Waals surface area (Å²) in [6, 6.07) is 3.12. The van der Waals surface area contributed by atoms with E-state index in [1.165, 1.54) is 24.5 Å². The van der Waals surface area contributed by atoms with Crippen LogP contribution in [0, 0.1) is 12.7 Å². The highest BCUT2D eigenvalue weighted by molar-refractivity contribution is 7.89. The normalized spacial score (nSPS) is 16.3. The molecule has 0 radical (unpaired) electrons. The molecule has 1 aliphatic carbocycles. The van der Waals surface area contributed by atoms with Gasteiger partial charge in [0.25, 0.3) is 0 Å². The van der Waals surface area contributed by atoms with Crippen molar-refractivity contribution in [3.05, 3.63) is 45.7 Å². The molecule has 1 aromatic carbocycles. The summed E-state index contributed by atoms with van der Waals surface area (Å²) in [6.07, 6.45) is 2.04. The summed E-state index contributed by atoms with van der Waals surface area (Å²) in [5.74, 6) is -1.66. The SMILES string of the molecule is COC(=O)c1ccc(F)c(S(=O)(=O)NC2(c3nc(C)cs3)CCC2)c1. The molecule has 1 fully saturated rings. The molecule has 1 heterocycles. The highest BCUT2D eigenvalue weighted by atomic mass is 32.2. The van der Waals surface area contributed by atoms with Crippen molar-refractivity contribution in [2.24, 2.45) is 0 Å². The number of thiazole rings is 1. The fourth-order valence-electron chi connectivity index (χ4n) is 2.73. The number of hydrogen-bond acceptors (Lipinski definition) is 6. The van der Waals surface area contributed by atoms with Gasteiger partial charge in [0.1, 0.15) is 15.7 Å². The summed E-state index contributed by atoms with van der Waals surface area (Å²) in [7, 11) is -3.01. The van der Waals surface area contributed by atoms with Crippen molar-refractivity contribution >= 4 is 27.3 Å². The van der Waals surface area contributed by atoms with Gasteiger partial charge in [0.05, 0.1) is 18.2 Å². The molecule has 9 heteroatoms. The number of aromatic nitrogens is 1. The molecule has 0 amide bonds. The van der Waals surface area contributed by atoms with E-state index in [9.17, 15) is 17.6 Å². The van der Waals surface area contributed by atoms with Crippen molar-refractivity contribution in [2.45, 2.75) is 36.6 Å². The van der Waals surface area contributed by atoms with Crippen LogP contribution in [0.2, 0.25) is 0 Å². The maximum Gasteiger partial charge on any atom is 0.337 e. The standard InChI is InChI=1S/C16H17FN2O4S2/c1-10-9-24-15(18-10)16(6-3-7-16)19-25(21,22)13-8-11(14(20)23-2)4-5-12(13)17/h4-5,8-9,19H,3,6-7H2,1-2H3. The van der Waals surface area contributed by atoms with Crippen molar-refractivity contribution in [1.29, 1.82) is 0 Å². The Balaban J connectivity index is 1.98. The van der Waals surface area contributed by atoms with E-state index in [4.69, 9.17) is 0 Å². The van der Waals surface area contributed by atoms with Gasteiger partial charge in [-0.25, -0.2) is 22.6 Å². The Labute approximate surface area is 149 Å². The van der Waals surface area contributed by atoms with Gasteiger partial charge in [-0.15, -0.1) is 11.3 Å². The van der Waals surface area contributed by atoms with Gasteiger partial charge in [-0.1, -0.05) is 0 Å². The zero-order valence-electron chi connectivity index (χ0n) is 13.7. The fourth-order valence-corrected chi connectivity index (χ4v) is 5.34. The lowest BCUT2D eigenvalue weighted by Gasteiger charge is -2.40. The molecule has 0 saturated heterocycles. The minimum Gasteiger partial charge on any atom is -0.465 e. The topological polar surface area (TPSA) is 85.4 Å². The van der Waals surface area contributed by atoms with Gasteiger partial charge in [0, 0.05) is 11.1 Å². The van der Waals surface area contributed by atoms with E-state index in [0.29, 0.717) is 17.8 Å². The number of nitrogens with one attached hydrogen (secondary N) is 1. The van der Waals surface area contributed by atoms with E-state index in [-0.39, 0.29) is 5.56 Å². The number of carbonyl (C=O) groups excluding carboxylic acids is 1. The van der Waals surface area contributed by atoms with Crippen LogP contribution < -0.4 is 4.72 Å². The summed E-state index contributed by atoms with van der Waals surface area (Å²) < 4.78 is 46.9. The highest BCUT2D eigenvalue weighted by Crippen LogP contribution is 2.43.